The van der Waals surface area contributed by atoms with Crippen molar-refractivity contribution in [2.45, 2.75) is 13.1 Å². The van der Waals surface area contributed by atoms with E-state index in [9.17, 15) is 9.59 Å². The molecule has 0 spiro atoms. The molecule has 138 valence electrons. The van der Waals surface area contributed by atoms with Gasteiger partial charge in [-0.25, -0.2) is 4.99 Å². The van der Waals surface area contributed by atoms with Gasteiger partial charge in [0.05, 0.1) is 11.4 Å². The Bertz CT molecular complexity index is 1070. The number of nitrogens with zero attached hydrogens (tertiary/aromatic N) is 1. The van der Waals surface area contributed by atoms with Crippen molar-refractivity contribution in [3.63, 3.8) is 0 Å². The highest BCUT2D eigenvalue weighted by molar-refractivity contribution is 6.20. The summed E-state index contributed by atoms with van der Waals surface area (Å²) in [6, 6.07) is 24.4. The molecule has 1 atom stereocenters. The molecular weight excluding hydrogens is 350 g/mol. The Morgan fingerprint density at radius 1 is 0.929 bits per heavy atom. The molecule has 0 saturated heterocycles. The zero-order valence-electron chi connectivity index (χ0n) is 15.3. The summed E-state index contributed by atoms with van der Waals surface area (Å²) in [5, 5.41) is 5.64. The molecule has 5 heteroatoms. The average Bonchev–Trinajstić information content (AvgIpc) is 2.85. The molecule has 4 rings (SSSR count). The van der Waals surface area contributed by atoms with E-state index in [1.165, 1.54) is 0 Å². The van der Waals surface area contributed by atoms with Crippen molar-refractivity contribution in [2.24, 2.45) is 4.99 Å². The van der Waals surface area contributed by atoms with E-state index in [0.717, 1.165) is 16.7 Å². The molecule has 2 N–H and O–H groups in total. The number of benzene rings is 3. The summed E-state index contributed by atoms with van der Waals surface area (Å²) in [5.74, 6) is -0.708. The molecule has 0 bridgehead atoms. The first-order valence-corrected chi connectivity index (χ1v) is 9.03. The summed E-state index contributed by atoms with van der Waals surface area (Å²) in [6.07, 6.45) is -1.03. The van der Waals surface area contributed by atoms with E-state index in [1.807, 2.05) is 73.7 Å². The van der Waals surface area contributed by atoms with Crippen molar-refractivity contribution < 1.29 is 9.59 Å². The van der Waals surface area contributed by atoms with Crippen LogP contribution >= 0.6 is 0 Å². The maximum Gasteiger partial charge on any atom is 0.269 e. The molecule has 1 aliphatic rings. The van der Waals surface area contributed by atoms with Crippen LogP contribution in [0.25, 0.3) is 0 Å². The molecule has 0 aliphatic carbocycles. The van der Waals surface area contributed by atoms with Crippen LogP contribution in [-0.2, 0) is 4.79 Å². The summed E-state index contributed by atoms with van der Waals surface area (Å²) in [7, 11) is 0. The normalized spacial score (nSPS) is 15.7. The van der Waals surface area contributed by atoms with Gasteiger partial charge in [-0.05, 0) is 24.6 Å². The Kier molecular flexibility index (Phi) is 4.72. The Morgan fingerprint density at radius 3 is 2.39 bits per heavy atom. The Morgan fingerprint density at radius 2 is 1.61 bits per heavy atom. The van der Waals surface area contributed by atoms with Crippen LogP contribution in [0.2, 0.25) is 0 Å². The second-order valence-corrected chi connectivity index (χ2v) is 6.57. The van der Waals surface area contributed by atoms with Crippen molar-refractivity contribution in [3.8, 4) is 0 Å². The van der Waals surface area contributed by atoms with Crippen LogP contribution in [0.4, 0.5) is 5.69 Å². The van der Waals surface area contributed by atoms with Crippen molar-refractivity contribution in [2.75, 3.05) is 5.32 Å². The highest BCUT2D eigenvalue weighted by Crippen LogP contribution is 2.23. The van der Waals surface area contributed by atoms with Crippen LogP contribution in [0.3, 0.4) is 0 Å². The SMILES string of the molecule is Cc1ccccc1C(=O)NC1N=C(c2ccccc2)c2ccccc2NC1=O. The quantitative estimate of drug-likeness (QED) is 0.741. The van der Waals surface area contributed by atoms with Crippen LogP contribution in [0.5, 0.6) is 0 Å². The number of hydrogen-bond acceptors (Lipinski definition) is 3. The second-order valence-electron chi connectivity index (χ2n) is 6.57. The van der Waals surface area contributed by atoms with Crippen molar-refractivity contribution >= 4 is 23.2 Å². The van der Waals surface area contributed by atoms with E-state index in [0.29, 0.717) is 17.0 Å². The van der Waals surface area contributed by atoms with E-state index in [4.69, 9.17) is 0 Å². The maximum absolute atomic E-state index is 12.8. The van der Waals surface area contributed by atoms with Gasteiger partial charge < -0.3 is 10.6 Å². The van der Waals surface area contributed by atoms with Crippen molar-refractivity contribution in [1.29, 1.82) is 0 Å². The molecule has 3 aromatic rings. The fourth-order valence-electron chi connectivity index (χ4n) is 3.21. The minimum atomic E-state index is -1.03. The lowest BCUT2D eigenvalue weighted by molar-refractivity contribution is -0.117. The number of rotatable bonds is 3. The van der Waals surface area contributed by atoms with E-state index in [2.05, 4.69) is 15.6 Å². The topological polar surface area (TPSA) is 70.6 Å². The molecule has 0 radical (unpaired) electrons. The first kappa shape index (κ1) is 17.7. The molecule has 1 unspecified atom stereocenters. The summed E-state index contributed by atoms with van der Waals surface area (Å²) in [5.41, 5.74) is 4.38. The number of carbonyl (C=O) groups excluding carboxylic acids is 2. The minimum absolute atomic E-state index is 0.333. The standard InChI is InChI=1S/C23H19N3O2/c1-15-9-5-6-12-17(15)22(27)26-21-23(28)24-19-14-8-7-13-18(19)20(25-21)16-10-3-2-4-11-16/h2-14,21H,1H3,(H,24,28)(H,26,27). The predicted molar refractivity (Wildman–Crippen MR) is 110 cm³/mol. The number of anilines is 1. The number of aryl methyl sites for hydroxylation is 1. The Hall–Kier alpha value is -3.73. The van der Waals surface area contributed by atoms with E-state index >= 15 is 0 Å². The summed E-state index contributed by atoms with van der Waals surface area (Å²) >= 11 is 0. The monoisotopic (exact) mass is 369 g/mol. The highest BCUT2D eigenvalue weighted by atomic mass is 16.2. The van der Waals surface area contributed by atoms with Crippen LogP contribution in [0.1, 0.15) is 27.0 Å². The van der Waals surface area contributed by atoms with Gasteiger partial charge in [-0.3, -0.25) is 9.59 Å². The molecule has 0 aromatic heterocycles. The lowest BCUT2D eigenvalue weighted by Crippen LogP contribution is -2.42. The zero-order valence-corrected chi connectivity index (χ0v) is 15.3. The molecule has 5 nitrogen and oxygen atoms in total. The fraction of sp³-hybridized carbons (Fsp3) is 0.0870. The van der Waals surface area contributed by atoms with E-state index in [1.54, 1.807) is 12.1 Å². The van der Waals surface area contributed by atoms with Crippen LogP contribution in [0.15, 0.2) is 83.9 Å². The number of aliphatic imine (C=N–C) groups is 1. The molecule has 3 aromatic carbocycles. The van der Waals surface area contributed by atoms with Gasteiger partial charge in [0.1, 0.15) is 0 Å². The third-order valence-electron chi connectivity index (χ3n) is 4.65. The van der Waals surface area contributed by atoms with Crippen molar-refractivity contribution in [3.05, 3.63) is 101 Å². The minimum Gasteiger partial charge on any atom is -0.322 e. The van der Waals surface area contributed by atoms with Crippen LogP contribution in [0, 0.1) is 6.92 Å². The fourth-order valence-corrected chi connectivity index (χ4v) is 3.21. The number of para-hydroxylation sites is 1. The smallest absolute Gasteiger partial charge is 0.269 e. The number of nitrogens with one attached hydrogen (secondary N) is 2. The van der Waals surface area contributed by atoms with Gasteiger partial charge in [-0.15, -0.1) is 0 Å². The summed E-state index contributed by atoms with van der Waals surface area (Å²) in [6.45, 7) is 1.86. The molecule has 2 amide bonds. The van der Waals surface area contributed by atoms with Gasteiger partial charge in [-0.2, -0.15) is 0 Å². The Labute approximate surface area is 163 Å². The largest absolute Gasteiger partial charge is 0.322 e. The Balaban J connectivity index is 1.75. The lowest BCUT2D eigenvalue weighted by atomic mass is 10.0. The molecule has 1 heterocycles. The molecule has 28 heavy (non-hydrogen) atoms. The summed E-state index contributed by atoms with van der Waals surface area (Å²) < 4.78 is 0. The first-order valence-electron chi connectivity index (χ1n) is 9.03. The van der Waals surface area contributed by atoms with Gasteiger partial charge in [0.2, 0.25) is 6.17 Å². The lowest BCUT2D eigenvalue weighted by Gasteiger charge is -2.14. The summed E-state index contributed by atoms with van der Waals surface area (Å²) in [4.78, 5) is 30.2. The van der Waals surface area contributed by atoms with Gasteiger partial charge in [0, 0.05) is 16.7 Å². The molecule has 0 saturated carbocycles. The number of fused-ring (bicyclic) bond motifs is 1. The number of benzodiazepines with no additional fused rings is 1. The average molecular weight is 369 g/mol. The number of hydrogen-bond donors (Lipinski definition) is 2. The third kappa shape index (κ3) is 3.42. The van der Waals surface area contributed by atoms with Gasteiger partial charge in [0.15, 0.2) is 0 Å². The van der Waals surface area contributed by atoms with Crippen LogP contribution in [-0.4, -0.2) is 23.7 Å². The first-order chi connectivity index (χ1) is 13.6. The highest BCUT2D eigenvalue weighted by Gasteiger charge is 2.27. The van der Waals surface area contributed by atoms with Gasteiger partial charge in [0.25, 0.3) is 11.8 Å². The van der Waals surface area contributed by atoms with Crippen LogP contribution < -0.4 is 10.6 Å². The second kappa shape index (κ2) is 7.48. The van der Waals surface area contributed by atoms with Gasteiger partial charge in [-0.1, -0.05) is 66.7 Å². The van der Waals surface area contributed by atoms with E-state index < -0.39 is 6.17 Å². The number of carbonyl (C=O) groups is 2. The molecule has 1 aliphatic heterocycles. The van der Waals surface area contributed by atoms with Crippen molar-refractivity contribution in [1.82, 2.24) is 5.32 Å². The number of amides is 2. The zero-order chi connectivity index (χ0) is 19.5. The molecule has 0 fully saturated rings. The predicted octanol–water partition coefficient (Wildman–Crippen LogP) is 3.54. The molecular formula is C23H19N3O2. The van der Waals surface area contributed by atoms with E-state index in [-0.39, 0.29) is 11.8 Å². The maximum atomic E-state index is 12.8. The van der Waals surface area contributed by atoms with Gasteiger partial charge >= 0.3 is 0 Å². The third-order valence-corrected chi connectivity index (χ3v) is 4.65.